The molecule has 2 N–H and O–H groups in total. The zero-order chi connectivity index (χ0) is 36.0. The largest absolute Gasteiger partial charge is 0.463 e. The average Bonchev–Trinajstić information content (AvgIpc) is 3.42. The van der Waals surface area contributed by atoms with Gasteiger partial charge in [0.05, 0.1) is 30.5 Å². The molecule has 50 heavy (non-hydrogen) atoms. The van der Waals surface area contributed by atoms with Crippen LogP contribution in [0.5, 0.6) is 0 Å². The van der Waals surface area contributed by atoms with Gasteiger partial charge in [0.1, 0.15) is 6.61 Å². The zero-order valence-corrected chi connectivity index (χ0v) is 28.3. The lowest BCUT2D eigenvalue weighted by Crippen LogP contribution is -2.47. The topological polar surface area (TPSA) is 121 Å². The van der Waals surface area contributed by atoms with E-state index in [0.29, 0.717) is 31.5 Å². The van der Waals surface area contributed by atoms with Crippen LogP contribution < -0.4 is 5.73 Å². The number of carbonyl (C=O) groups excluding carboxylic acids is 2. The van der Waals surface area contributed by atoms with Gasteiger partial charge in [0.15, 0.2) is 11.5 Å². The van der Waals surface area contributed by atoms with E-state index >= 15 is 0 Å². The lowest BCUT2D eigenvalue weighted by molar-refractivity contribution is -0.148. The summed E-state index contributed by atoms with van der Waals surface area (Å²) in [6.07, 6.45) is 7.14. The predicted molar refractivity (Wildman–Crippen MR) is 178 cm³/mol. The molecule has 1 fully saturated rings. The summed E-state index contributed by atoms with van der Waals surface area (Å²) < 4.78 is 61.0. The molecule has 0 bridgehead atoms. The molecule has 3 heterocycles. The van der Waals surface area contributed by atoms with Gasteiger partial charge in [-0.1, -0.05) is 62.7 Å². The highest BCUT2D eigenvalue weighted by Crippen LogP contribution is 2.46. The summed E-state index contributed by atoms with van der Waals surface area (Å²) in [6, 6.07) is 10.5. The molecule has 0 saturated heterocycles. The van der Waals surface area contributed by atoms with Crippen LogP contribution in [0.25, 0.3) is 22.4 Å². The van der Waals surface area contributed by atoms with Crippen LogP contribution in [-0.2, 0) is 19.9 Å². The molecule has 264 valence electrons. The van der Waals surface area contributed by atoms with E-state index in [2.05, 4.69) is 10.1 Å². The summed E-state index contributed by atoms with van der Waals surface area (Å²) in [5, 5.41) is 3.87. The molecule has 0 spiro atoms. The minimum Gasteiger partial charge on any atom is -0.463 e. The number of hydrogen-bond donors (Lipinski definition) is 1. The molecule has 4 aromatic rings. The lowest BCUT2D eigenvalue weighted by atomic mass is 9.75. The molecule has 6 rings (SSSR count). The summed E-state index contributed by atoms with van der Waals surface area (Å²) >= 11 is 6.51. The lowest BCUT2D eigenvalue weighted by Gasteiger charge is -2.35. The first-order valence-corrected chi connectivity index (χ1v) is 16.4. The van der Waals surface area contributed by atoms with E-state index in [1.807, 2.05) is 20.8 Å². The summed E-state index contributed by atoms with van der Waals surface area (Å²) in [5.41, 5.74) is 6.92. The van der Waals surface area contributed by atoms with Gasteiger partial charge in [0.25, 0.3) is 5.91 Å². The maximum absolute atomic E-state index is 14.9. The van der Waals surface area contributed by atoms with E-state index in [1.165, 1.54) is 29.6 Å². The van der Waals surface area contributed by atoms with Crippen LogP contribution in [0.1, 0.15) is 76.7 Å². The molecule has 1 amide bonds. The van der Waals surface area contributed by atoms with E-state index in [1.54, 1.807) is 36.4 Å². The second-order valence-corrected chi connectivity index (χ2v) is 14.3. The van der Waals surface area contributed by atoms with Crippen molar-refractivity contribution in [1.82, 2.24) is 24.2 Å². The number of halogens is 5. The van der Waals surface area contributed by atoms with Crippen molar-refractivity contribution in [3.05, 3.63) is 83.5 Å². The third-order valence-electron chi connectivity index (χ3n) is 8.80. The van der Waals surface area contributed by atoms with Crippen molar-refractivity contribution in [2.24, 2.45) is 22.1 Å². The van der Waals surface area contributed by atoms with Crippen molar-refractivity contribution in [3.8, 4) is 22.4 Å². The maximum Gasteiger partial charge on any atom is 0.333 e. The number of rotatable bonds is 12. The SMILES string of the molecule is CC(C)(C)C[C@]1(c2ccc(-c3cnn(C(F)F)c3)cc2)N=C(N)N([C@H](COC(=O)CC2CC2)c2ccc(Cl)c(-c3cncn3C(F)F)c2)C1=O. The molecule has 0 unspecified atom stereocenters. The van der Waals surface area contributed by atoms with Crippen LogP contribution in [0, 0.1) is 11.3 Å². The molecule has 15 heteroatoms. The third kappa shape index (κ3) is 7.11. The van der Waals surface area contributed by atoms with Crippen LogP contribution >= 0.6 is 11.6 Å². The van der Waals surface area contributed by atoms with Crippen LogP contribution in [0.2, 0.25) is 5.02 Å². The Morgan fingerprint density at radius 2 is 1.78 bits per heavy atom. The first-order valence-electron chi connectivity index (χ1n) is 16.0. The van der Waals surface area contributed by atoms with Gasteiger partial charge in [0.2, 0.25) is 0 Å². The summed E-state index contributed by atoms with van der Waals surface area (Å²) in [6.45, 7) is -0.100. The summed E-state index contributed by atoms with van der Waals surface area (Å²) in [7, 11) is 0. The van der Waals surface area contributed by atoms with Crippen molar-refractivity contribution in [2.45, 2.75) is 71.1 Å². The fourth-order valence-corrected chi connectivity index (χ4v) is 6.54. The molecule has 1 saturated carbocycles. The van der Waals surface area contributed by atoms with E-state index in [9.17, 15) is 27.2 Å². The van der Waals surface area contributed by atoms with E-state index in [4.69, 9.17) is 27.1 Å². The predicted octanol–water partition coefficient (Wildman–Crippen LogP) is 7.73. The Morgan fingerprint density at radius 3 is 2.40 bits per heavy atom. The highest BCUT2D eigenvalue weighted by Gasteiger charge is 2.53. The number of alkyl halides is 4. The molecule has 2 aromatic heterocycles. The fraction of sp³-hybridized carbons (Fsp3) is 0.400. The van der Waals surface area contributed by atoms with Crippen LogP contribution in [0.4, 0.5) is 17.6 Å². The van der Waals surface area contributed by atoms with Crippen molar-refractivity contribution in [1.29, 1.82) is 0 Å². The molecule has 2 aromatic carbocycles. The van der Waals surface area contributed by atoms with Gasteiger partial charge in [-0.25, -0.2) is 14.7 Å². The van der Waals surface area contributed by atoms with Gasteiger partial charge in [-0.15, -0.1) is 0 Å². The zero-order valence-electron chi connectivity index (χ0n) is 27.6. The molecule has 1 aliphatic heterocycles. The monoisotopic (exact) mass is 713 g/mol. The molecular weight excluding hydrogens is 678 g/mol. The number of nitrogens with zero attached hydrogens (tertiary/aromatic N) is 6. The van der Waals surface area contributed by atoms with Gasteiger partial charge >= 0.3 is 19.1 Å². The average molecular weight is 714 g/mol. The number of aromatic nitrogens is 4. The van der Waals surface area contributed by atoms with Crippen molar-refractivity contribution in [3.63, 3.8) is 0 Å². The Kier molecular flexibility index (Phi) is 9.51. The van der Waals surface area contributed by atoms with Gasteiger partial charge < -0.3 is 10.5 Å². The number of ether oxygens (including phenoxy) is 1. The third-order valence-corrected chi connectivity index (χ3v) is 9.13. The Bertz CT molecular complexity index is 1920. The van der Waals surface area contributed by atoms with Crippen LogP contribution in [0.3, 0.4) is 0 Å². The first kappa shape index (κ1) is 35.1. The van der Waals surface area contributed by atoms with Crippen LogP contribution in [-0.4, -0.2) is 48.7 Å². The highest BCUT2D eigenvalue weighted by molar-refractivity contribution is 6.33. The number of benzene rings is 2. The number of imidazole rings is 1. The molecule has 1 aliphatic carbocycles. The summed E-state index contributed by atoms with van der Waals surface area (Å²) in [5.74, 6) is -0.791. The Balaban J connectivity index is 1.40. The Hall–Kier alpha value is -4.72. The first-order chi connectivity index (χ1) is 23.7. The minimum atomic E-state index is -2.89. The Labute approximate surface area is 290 Å². The second kappa shape index (κ2) is 13.5. The molecule has 2 aliphatic rings. The number of guanidine groups is 1. The van der Waals surface area contributed by atoms with Gasteiger partial charge in [0, 0.05) is 28.8 Å². The number of amides is 1. The number of hydrogen-bond acceptors (Lipinski definition) is 7. The molecular formula is C35H36ClF4N7O3. The van der Waals surface area contributed by atoms with Crippen LogP contribution in [0.15, 0.2) is 72.4 Å². The van der Waals surface area contributed by atoms with E-state index in [-0.39, 0.29) is 47.6 Å². The highest BCUT2D eigenvalue weighted by atomic mass is 35.5. The van der Waals surface area contributed by atoms with Gasteiger partial charge in [-0.2, -0.15) is 22.7 Å². The molecule has 10 nitrogen and oxygen atoms in total. The number of nitrogens with two attached hydrogens (primary N) is 1. The molecule has 2 atom stereocenters. The van der Waals surface area contributed by atoms with E-state index in [0.717, 1.165) is 19.2 Å². The maximum atomic E-state index is 14.9. The quantitative estimate of drug-likeness (QED) is 0.119. The van der Waals surface area contributed by atoms with Gasteiger partial charge in [-0.05, 0) is 59.4 Å². The summed E-state index contributed by atoms with van der Waals surface area (Å²) in [4.78, 5) is 37.6. The smallest absolute Gasteiger partial charge is 0.333 e. The minimum absolute atomic E-state index is 0.0481. The van der Waals surface area contributed by atoms with Crippen molar-refractivity contribution < 1.29 is 31.9 Å². The van der Waals surface area contributed by atoms with E-state index < -0.39 is 42.0 Å². The Morgan fingerprint density at radius 1 is 1.06 bits per heavy atom. The normalized spacial score (nSPS) is 18.6. The number of aliphatic imine (C=N–C) groups is 1. The molecule has 0 radical (unpaired) electrons. The van der Waals surface area contributed by atoms with Crippen molar-refractivity contribution >= 4 is 29.4 Å². The number of carbonyl (C=O) groups is 2. The van der Waals surface area contributed by atoms with Gasteiger partial charge in [-0.3, -0.25) is 19.1 Å². The second-order valence-electron chi connectivity index (χ2n) is 13.9. The van der Waals surface area contributed by atoms with Crippen molar-refractivity contribution in [2.75, 3.05) is 6.61 Å². The fourth-order valence-electron chi connectivity index (χ4n) is 6.33. The number of esters is 1. The standard InChI is InChI=1S/C35H36ClF4N7O3/c1-34(2,3)18-35(24-9-6-21(7-10-24)23-14-43-46(16-23)32(39)40)30(49)47(33(41)44-35)28(17-50-29(48)12-20-4-5-20)22-8-11-26(36)25(13-22)27-15-42-19-45(27)31(37)38/h6-11,13-16,19-20,28,31-32H,4-5,12,17-18H2,1-3H3,(H2,41,44)/t28-,35-/m1/s1.